The van der Waals surface area contributed by atoms with Gasteiger partial charge in [-0.3, -0.25) is 4.79 Å². The molecule has 2 aromatic rings. The zero-order valence-electron chi connectivity index (χ0n) is 12.1. The largest absolute Gasteiger partial charge is 0.342 e. The molecule has 1 atom stereocenters. The number of aromatic amines is 1. The molecule has 0 spiro atoms. The fourth-order valence-electron chi connectivity index (χ4n) is 2.73. The van der Waals surface area contributed by atoms with Crippen LogP contribution in [0, 0.1) is 0 Å². The number of hydrogen-bond acceptors (Lipinski definition) is 2. The number of imidazole rings is 1. The molecule has 0 saturated carbocycles. The number of H-pyrrole nitrogens is 1. The summed E-state index contributed by atoms with van der Waals surface area (Å²) in [6.07, 6.45) is 2.35. The molecule has 1 N–H and O–H groups in total. The number of carbonyl (C=O) groups is 1. The van der Waals surface area contributed by atoms with Crippen LogP contribution in [0.1, 0.15) is 32.0 Å². The fourth-order valence-corrected chi connectivity index (χ4v) is 2.86. The van der Waals surface area contributed by atoms with Gasteiger partial charge in [0.25, 0.3) is 0 Å². The number of nitrogens with one attached hydrogen (secondary N) is 1. The standard InChI is InChI=1S/C16H18ClN3O/c1-10(2)20-9-12(7-15(20)21)16-18-8-14(19-16)11-3-5-13(17)6-4-11/h3-6,8,10,12H,7,9H2,1-2H3,(H,18,19)/t12-/m1/s1. The normalized spacial score (nSPS) is 18.8. The number of aromatic nitrogens is 2. The molecule has 1 amide bonds. The van der Waals surface area contributed by atoms with Gasteiger partial charge in [0.15, 0.2) is 0 Å². The Morgan fingerprint density at radius 2 is 2.05 bits per heavy atom. The maximum absolute atomic E-state index is 12.0. The molecule has 0 bridgehead atoms. The third kappa shape index (κ3) is 2.81. The molecule has 0 radical (unpaired) electrons. The summed E-state index contributed by atoms with van der Waals surface area (Å²) in [5.74, 6) is 1.25. The SMILES string of the molecule is CC(C)N1C[C@H](c2ncc(-c3ccc(Cl)cc3)[nH]2)CC1=O. The highest BCUT2D eigenvalue weighted by molar-refractivity contribution is 6.30. The number of nitrogens with zero attached hydrogens (tertiary/aromatic N) is 2. The first-order valence-electron chi connectivity index (χ1n) is 7.15. The van der Waals surface area contributed by atoms with Crippen LogP contribution in [-0.2, 0) is 4.79 Å². The monoisotopic (exact) mass is 303 g/mol. The van der Waals surface area contributed by atoms with Crippen molar-refractivity contribution in [2.24, 2.45) is 0 Å². The lowest BCUT2D eigenvalue weighted by atomic mass is 10.1. The van der Waals surface area contributed by atoms with Gasteiger partial charge in [-0.2, -0.15) is 0 Å². The van der Waals surface area contributed by atoms with E-state index in [4.69, 9.17) is 11.6 Å². The van der Waals surface area contributed by atoms with Crippen molar-refractivity contribution in [3.63, 3.8) is 0 Å². The second-order valence-electron chi connectivity index (χ2n) is 5.73. The minimum absolute atomic E-state index is 0.154. The van der Waals surface area contributed by atoms with E-state index in [0.29, 0.717) is 11.4 Å². The van der Waals surface area contributed by atoms with E-state index in [0.717, 1.165) is 23.6 Å². The molecule has 4 nitrogen and oxygen atoms in total. The minimum atomic E-state index is 0.154. The highest BCUT2D eigenvalue weighted by atomic mass is 35.5. The Morgan fingerprint density at radius 3 is 2.67 bits per heavy atom. The molecule has 110 valence electrons. The molecule has 1 aliphatic heterocycles. The second kappa shape index (κ2) is 5.53. The van der Waals surface area contributed by atoms with Gasteiger partial charge in [-0.15, -0.1) is 0 Å². The number of likely N-dealkylation sites (tertiary alicyclic amines) is 1. The van der Waals surface area contributed by atoms with Crippen LogP contribution >= 0.6 is 11.6 Å². The summed E-state index contributed by atoms with van der Waals surface area (Å²) in [5, 5.41) is 0.715. The van der Waals surface area contributed by atoms with Gasteiger partial charge in [0.05, 0.1) is 11.9 Å². The van der Waals surface area contributed by atoms with E-state index >= 15 is 0 Å². The molecule has 1 aromatic heterocycles. The van der Waals surface area contributed by atoms with E-state index in [9.17, 15) is 4.79 Å². The Bertz CT molecular complexity index is 648. The Kier molecular flexibility index (Phi) is 3.72. The fraction of sp³-hybridized carbons (Fsp3) is 0.375. The van der Waals surface area contributed by atoms with Crippen molar-refractivity contribution >= 4 is 17.5 Å². The first-order chi connectivity index (χ1) is 10.0. The molecular weight excluding hydrogens is 286 g/mol. The van der Waals surface area contributed by atoms with Crippen LogP contribution in [0.25, 0.3) is 11.3 Å². The van der Waals surface area contributed by atoms with E-state index in [2.05, 4.69) is 9.97 Å². The number of amides is 1. The quantitative estimate of drug-likeness (QED) is 0.944. The van der Waals surface area contributed by atoms with Gasteiger partial charge in [-0.1, -0.05) is 23.7 Å². The lowest BCUT2D eigenvalue weighted by molar-refractivity contribution is -0.129. The zero-order chi connectivity index (χ0) is 15.0. The number of rotatable bonds is 3. The van der Waals surface area contributed by atoms with Crippen LogP contribution in [0.5, 0.6) is 0 Å². The molecule has 1 aromatic carbocycles. The highest BCUT2D eigenvalue weighted by Crippen LogP contribution is 2.29. The van der Waals surface area contributed by atoms with Gasteiger partial charge in [-0.05, 0) is 31.5 Å². The van der Waals surface area contributed by atoms with Gasteiger partial charge in [0.2, 0.25) is 5.91 Å². The summed E-state index contributed by atoms with van der Waals surface area (Å²) < 4.78 is 0. The summed E-state index contributed by atoms with van der Waals surface area (Å²) >= 11 is 5.90. The summed E-state index contributed by atoms with van der Waals surface area (Å²) in [7, 11) is 0. The van der Waals surface area contributed by atoms with E-state index in [1.165, 1.54) is 0 Å². The van der Waals surface area contributed by atoms with Crippen molar-refractivity contribution < 1.29 is 4.79 Å². The topological polar surface area (TPSA) is 49.0 Å². The molecule has 5 heteroatoms. The van der Waals surface area contributed by atoms with Gasteiger partial charge in [0.1, 0.15) is 5.82 Å². The summed E-state index contributed by atoms with van der Waals surface area (Å²) in [6, 6.07) is 7.88. The molecule has 21 heavy (non-hydrogen) atoms. The number of halogens is 1. The van der Waals surface area contributed by atoms with Gasteiger partial charge < -0.3 is 9.88 Å². The van der Waals surface area contributed by atoms with Crippen LogP contribution in [0.15, 0.2) is 30.5 Å². The van der Waals surface area contributed by atoms with Gasteiger partial charge in [-0.25, -0.2) is 4.98 Å². The molecule has 1 saturated heterocycles. The average Bonchev–Trinajstić information content (AvgIpc) is 3.06. The lowest BCUT2D eigenvalue weighted by Crippen LogP contribution is -2.31. The zero-order valence-corrected chi connectivity index (χ0v) is 12.9. The maximum atomic E-state index is 12.0. The van der Waals surface area contributed by atoms with E-state index in [1.54, 1.807) is 0 Å². The van der Waals surface area contributed by atoms with E-state index in [1.807, 2.05) is 49.2 Å². The van der Waals surface area contributed by atoms with Crippen molar-refractivity contribution in [2.75, 3.05) is 6.54 Å². The number of carbonyl (C=O) groups excluding carboxylic acids is 1. The van der Waals surface area contributed by atoms with Crippen LogP contribution in [-0.4, -0.2) is 33.4 Å². The smallest absolute Gasteiger partial charge is 0.223 e. The van der Waals surface area contributed by atoms with Crippen molar-refractivity contribution in [1.29, 1.82) is 0 Å². The highest BCUT2D eigenvalue weighted by Gasteiger charge is 2.33. The Hall–Kier alpha value is -1.81. The Morgan fingerprint density at radius 1 is 1.33 bits per heavy atom. The first-order valence-corrected chi connectivity index (χ1v) is 7.52. The molecule has 1 aliphatic rings. The summed E-state index contributed by atoms with van der Waals surface area (Å²) in [6.45, 7) is 4.83. The van der Waals surface area contributed by atoms with E-state index in [-0.39, 0.29) is 17.9 Å². The van der Waals surface area contributed by atoms with Crippen LogP contribution in [0.3, 0.4) is 0 Å². The predicted molar refractivity (Wildman–Crippen MR) is 83.2 cm³/mol. The van der Waals surface area contributed by atoms with Crippen LogP contribution < -0.4 is 0 Å². The minimum Gasteiger partial charge on any atom is -0.342 e. The molecule has 3 rings (SSSR count). The third-order valence-corrected chi connectivity index (χ3v) is 4.17. The Balaban J connectivity index is 1.80. The maximum Gasteiger partial charge on any atom is 0.223 e. The molecular formula is C16H18ClN3O. The number of benzene rings is 1. The predicted octanol–water partition coefficient (Wildman–Crippen LogP) is 3.45. The Labute approximate surface area is 129 Å². The number of hydrogen-bond donors (Lipinski definition) is 1. The van der Waals surface area contributed by atoms with Crippen LogP contribution in [0.4, 0.5) is 0 Å². The molecule has 0 aliphatic carbocycles. The molecule has 0 unspecified atom stereocenters. The van der Waals surface area contributed by atoms with E-state index < -0.39 is 0 Å². The molecule has 2 heterocycles. The summed E-state index contributed by atoms with van der Waals surface area (Å²) in [5.41, 5.74) is 2.00. The van der Waals surface area contributed by atoms with Gasteiger partial charge in [0, 0.05) is 29.9 Å². The first kappa shape index (κ1) is 14.1. The lowest BCUT2D eigenvalue weighted by Gasteiger charge is -2.20. The average molecular weight is 304 g/mol. The van der Waals surface area contributed by atoms with Gasteiger partial charge >= 0.3 is 0 Å². The van der Waals surface area contributed by atoms with Crippen molar-refractivity contribution in [3.05, 3.63) is 41.3 Å². The van der Waals surface area contributed by atoms with Crippen molar-refractivity contribution in [1.82, 2.24) is 14.9 Å². The van der Waals surface area contributed by atoms with Crippen molar-refractivity contribution in [3.8, 4) is 11.3 Å². The van der Waals surface area contributed by atoms with Crippen LogP contribution in [0.2, 0.25) is 5.02 Å². The van der Waals surface area contributed by atoms with Crippen molar-refractivity contribution in [2.45, 2.75) is 32.2 Å². The summed E-state index contributed by atoms with van der Waals surface area (Å²) in [4.78, 5) is 21.7. The molecule has 1 fully saturated rings. The third-order valence-electron chi connectivity index (χ3n) is 3.92. The second-order valence-corrected chi connectivity index (χ2v) is 6.17.